The first-order valence-corrected chi connectivity index (χ1v) is 6.12. The van der Waals surface area contributed by atoms with Crippen molar-refractivity contribution in [3.8, 4) is 23.5 Å². The second-order valence-electron chi connectivity index (χ2n) is 4.10. The summed E-state index contributed by atoms with van der Waals surface area (Å²) in [4.78, 5) is 11.4. The zero-order valence-corrected chi connectivity index (χ0v) is 11.0. The molecule has 0 aliphatic carbocycles. The Balaban J connectivity index is 1.94. The Morgan fingerprint density at radius 2 is 1.81 bits per heavy atom. The SMILES string of the molecule is O=C(C=Cc1ccc(O)c(O)c1)OC#Cc1ccccc1. The highest BCUT2D eigenvalue weighted by atomic mass is 16.5. The van der Waals surface area contributed by atoms with Gasteiger partial charge in [-0.1, -0.05) is 24.3 Å². The van der Waals surface area contributed by atoms with Crippen molar-refractivity contribution in [3.63, 3.8) is 0 Å². The van der Waals surface area contributed by atoms with Crippen molar-refractivity contribution >= 4 is 12.0 Å². The molecule has 0 atom stereocenters. The van der Waals surface area contributed by atoms with Gasteiger partial charge in [-0.3, -0.25) is 0 Å². The molecule has 0 saturated carbocycles. The van der Waals surface area contributed by atoms with Gasteiger partial charge in [-0.15, -0.1) is 0 Å². The van der Waals surface area contributed by atoms with Crippen LogP contribution in [-0.4, -0.2) is 16.2 Å². The Morgan fingerprint density at radius 1 is 1.05 bits per heavy atom. The van der Waals surface area contributed by atoms with Gasteiger partial charge in [-0.2, -0.15) is 0 Å². The monoisotopic (exact) mass is 280 g/mol. The molecule has 0 aromatic heterocycles. The van der Waals surface area contributed by atoms with Crippen molar-refractivity contribution in [1.29, 1.82) is 0 Å². The van der Waals surface area contributed by atoms with Gasteiger partial charge >= 0.3 is 5.97 Å². The lowest BCUT2D eigenvalue weighted by Gasteiger charge is -1.97. The number of hydrogen-bond acceptors (Lipinski definition) is 4. The number of benzene rings is 2. The van der Waals surface area contributed by atoms with Crippen LogP contribution in [0.3, 0.4) is 0 Å². The maximum absolute atomic E-state index is 11.4. The van der Waals surface area contributed by atoms with Crippen LogP contribution in [0.5, 0.6) is 11.5 Å². The Kier molecular flexibility index (Phi) is 4.62. The summed E-state index contributed by atoms with van der Waals surface area (Å²) >= 11 is 0. The largest absolute Gasteiger partial charge is 0.504 e. The van der Waals surface area contributed by atoms with E-state index in [1.54, 1.807) is 18.2 Å². The summed E-state index contributed by atoms with van der Waals surface area (Å²) in [6, 6.07) is 13.4. The van der Waals surface area contributed by atoms with Gasteiger partial charge in [0, 0.05) is 11.6 Å². The second-order valence-corrected chi connectivity index (χ2v) is 4.10. The lowest BCUT2D eigenvalue weighted by atomic mass is 10.2. The van der Waals surface area contributed by atoms with Crippen LogP contribution in [0.1, 0.15) is 11.1 Å². The van der Waals surface area contributed by atoms with E-state index in [9.17, 15) is 9.90 Å². The van der Waals surface area contributed by atoms with Crippen molar-refractivity contribution in [3.05, 3.63) is 65.7 Å². The summed E-state index contributed by atoms with van der Waals surface area (Å²) in [5.41, 5.74) is 1.30. The molecule has 0 unspecified atom stereocenters. The summed E-state index contributed by atoms with van der Waals surface area (Å²) in [6.07, 6.45) is 4.95. The number of aromatic hydroxyl groups is 2. The first-order valence-electron chi connectivity index (χ1n) is 6.12. The van der Waals surface area contributed by atoms with Crippen LogP contribution < -0.4 is 0 Å². The molecule has 104 valence electrons. The van der Waals surface area contributed by atoms with Gasteiger partial charge in [0.05, 0.1) is 0 Å². The van der Waals surface area contributed by atoms with Crippen LogP contribution in [0.4, 0.5) is 0 Å². The number of hydrogen-bond donors (Lipinski definition) is 2. The quantitative estimate of drug-likeness (QED) is 0.384. The highest BCUT2D eigenvalue weighted by Crippen LogP contribution is 2.25. The molecule has 2 aromatic carbocycles. The molecule has 21 heavy (non-hydrogen) atoms. The van der Waals surface area contributed by atoms with Crippen molar-refractivity contribution < 1.29 is 19.7 Å². The van der Waals surface area contributed by atoms with Crippen molar-refractivity contribution in [2.75, 3.05) is 0 Å². The fraction of sp³-hybridized carbons (Fsp3) is 0. The van der Waals surface area contributed by atoms with Gasteiger partial charge in [0.25, 0.3) is 0 Å². The third-order valence-corrected chi connectivity index (χ3v) is 2.53. The van der Waals surface area contributed by atoms with E-state index in [1.165, 1.54) is 24.3 Å². The molecule has 0 radical (unpaired) electrons. The lowest BCUT2D eigenvalue weighted by Crippen LogP contribution is -1.93. The average Bonchev–Trinajstić information content (AvgIpc) is 2.49. The molecule has 0 bridgehead atoms. The smallest absolute Gasteiger partial charge is 0.344 e. The predicted octanol–water partition coefficient (Wildman–Crippen LogP) is 2.66. The number of rotatable bonds is 2. The van der Waals surface area contributed by atoms with E-state index in [2.05, 4.69) is 12.0 Å². The topological polar surface area (TPSA) is 66.8 Å². The second kappa shape index (κ2) is 6.83. The summed E-state index contributed by atoms with van der Waals surface area (Å²) in [7, 11) is 0. The molecule has 0 amide bonds. The number of phenolic OH excluding ortho intramolecular Hbond substituents is 2. The van der Waals surface area contributed by atoms with Crippen molar-refractivity contribution in [1.82, 2.24) is 0 Å². The molecular formula is C17H12O4. The zero-order chi connectivity index (χ0) is 15.1. The molecular weight excluding hydrogens is 268 g/mol. The minimum Gasteiger partial charge on any atom is -0.504 e. The maximum atomic E-state index is 11.4. The van der Waals surface area contributed by atoms with Crippen LogP contribution in [0.15, 0.2) is 54.6 Å². The van der Waals surface area contributed by atoms with E-state index in [-0.39, 0.29) is 11.5 Å². The van der Waals surface area contributed by atoms with E-state index in [1.807, 2.05) is 18.2 Å². The Morgan fingerprint density at radius 3 is 2.52 bits per heavy atom. The predicted molar refractivity (Wildman–Crippen MR) is 78.2 cm³/mol. The fourth-order valence-electron chi connectivity index (χ4n) is 1.50. The summed E-state index contributed by atoms with van der Waals surface area (Å²) in [5, 5.41) is 18.5. The molecule has 4 heteroatoms. The molecule has 2 N–H and O–H groups in total. The van der Waals surface area contributed by atoms with E-state index in [0.717, 1.165) is 5.56 Å². The fourth-order valence-corrected chi connectivity index (χ4v) is 1.50. The first-order chi connectivity index (χ1) is 10.1. The van der Waals surface area contributed by atoms with Crippen LogP contribution in [0.2, 0.25) is 0 Å². The molecule has 0 saturated heterocycles. The molecule has 0 aliphatic heterocycles. The van der Waals surface area contributed by atoms with Crippen LogP contribution in [0, 0.1) is 12.0 Å². The van der Waals surface area contributed by atoms with E-state index < -0.39 is 5.97 Å². The average molecular weight is 280 g/mol. The van der Waals surface area contributed by atoms with Gasteiger partial charge in [-0.05, 0) is 41.8 Å². The van der Waals surface area contributed by atoms with Gasteiger partial charge in [0.1, 0.15) is 6.11 Å². The third-order valence-electron chi connectivity index (χ3n) is 2.53. The molecule has 4 nitrogen and oxygen atoms in total. The van der Waals surface area contributed by atoms with Gasteiger partial charge in [0.2, 0.25) is 0 Å². The van der Waals surface area contributed by atoms with E-state index >= 15 is 0 Å². The van der Waals surface area contributed by atoms with Crippen LogP contribution >= 0.6 is 0 Å². The number of carbonyl (C=O) groups excluding carboxylic acids is 1. The van der Waals surface area contributed by atoms with Gasteiger partial charge in [-0.25, -0.2) is 4.79 Å². The first kappa shape index (κ1) is 14.2. The Hall–Kier alpha value is -3.19. The van der Waals surface area contributed by atoms with Gasteiger partial charge in [0.15, 0.2) is 11.5 Å². The normalized spacial score (nSPS) is 9.90. The maximum Gasteiger partial charge on any atom is 0.344 e. The summed E-state index contributed by atoms with van der Waals surface area (Å²) in [5.74, 6) is 1.60. The number of phenols is 2. The van der Waals surface area contributed by atoms with E-state index in [0.29, 0.717) is 5.56 Å². The summed E-state index contributed by atoms with van der Waals surface area (Å²) < 4.78 is 4.72. The van der Waals surface area contributed by atoms with Crippen LogP contribution in [-0.2, 0) is 9.53 Å². The third kappa shape index (κ3) is 4.44. The van der Waals surface area contributed by atoms with Gasteiger partial charge < -0.3 is 14.9 Å². The molecule has 0 heterocycles. The zero-order valence-electron chi connectivity index (χ0n) is 11.0. The Labute approximate surface area is 121 Å². The highest BCUT2D eigenvalue weighted by molar-refractivity contribution is 5.87. The molecule has 2 rings (SSSR count). The highest BCUT2D eigenvalue weighted by Gasteiger charge is 1.99. The van der Waals surface area contributed by atoms with Crippen molar-refractivity contribution in [2.24, 2.45) is 0 Å². The number of ether oxygens (including phenoxy) is 1. The lowest BCUT2D eigenvalue weighted by molar-refractivity contribution is -0.131. The minimum absolute atomic E-state index is 0.219. The van der Waals surface area contributed by atoms with Crippen molar-refractivity contribution in [2.45, 2.75) is 0 Å². The summed E-state index contributed by atoms with van der Waals surface area (Å²) in [6.45, 7) is 0. The van der Waals surface area contributed by atoms with E-state index in [4.69, 9.17) is 9.84 Å². The minimum atomic E-state index is -0.619. The molecule has 0 fully saturated rings. The number of esters is 1. The molecule has 0 aliphatic rings. The molecule has 2 aromatic rings. The molecule has 0 spiro atoms. The Bertz CT molecular complexity index is 721. The standard InChI is InChI=1S/C17H12O4/c18-15-8-6-14(12-16(15)19)7-9-17(20)21-11-10-13-4-2-1-3-5-13/h1-9,12,18-19H. The number of carbonyl (C=O) groups is 1. The van der Waals surface area contributed by atoms with Crippen LogP contribution in [0.25, 0.3) is 6.08 Å².